The molecule has 102 valence electrons. The second-order valence-corrected chi connectivity index (χ2v) is 4.62. The number of halogens is 1. The minimum atomic E-state index is -0.154. The lowest BCUT2D eigenvalue weighted by molar-refractivity contribution is 0.0650. The Hall–Kier alpha value is -0.930. The van der Waals surface area contributed by atoms with Crippen molar-refractivity contribution in [1.82, 2.24) is 5.32 Å². The van der Waals surface area contributed by atoms with E-state index >= 15 is 0 Å². The lowest BCUT2D eigenvalue weighted by atomic mass is 9.97. The summed E-state index contributed by atoms with van der Waals surface area (Å²) in [6.07, 6.45) is 2.10. The van der Waals surface area contributed by atoms with Crippen molar-refractivity contribution >= 4 is 0 Å². The Morgan fingerprint density at radius 2 is 2.06 bits per heavy atom. The van der Waals surface area contributed by atoms with E-state index in [2.05, 4.69) is 19.2 Å². The summed E-state index contributed by atoms with van der Waals surface area (Å²) < 4.78 is 18.9. The average Bonchev–Trinajstić information content (AvgIpc) is 2.38. The molecular weight excluding hydrogens is 229 g/mol. The zero-order valence-corrected chi connectivity index (χ0v) is 11.8. The quantitative estimate of drug-likeness (QED) is 0.801. The lowest BCUT2D eigenvalue weighted by Crippen LogP contribution is -2.33. The highest BCUT2D eigenvalue weighted by Crippen LogP contribution is 2.23. The second kappa shape index (κ2) is 7.49. The van der Waals surface area contributed by atoms with Gasteiger partial charge in [-0.15, -0.1) is 0 Å². The molecule has 0 radical (unpaired) electrons. The maximum atomic E-state index is 13.3. The Morgan fingerprint density at radius 3 is 2.56 bits per heavy atom. The molecule has 18 heavy (non-hydrogen) atoms. The number of aryl methyl sites for hydroxylation is 1. The van der Waals surface area contributed by atoms with Gasteiger partial charge in [-0.25, -0.2) is 4.39 Å². The van der Waals surface area contributed by atoms with Crippen LogP contribution in [0.2, 0.25) is 0 Å². The van der Waals surface area contributed by atoms with Crippen molar-refractivity contribution in [3.63, 3.8) is 0 Å². The maximum absolute atomic E-state index is 13.3. The highest BCUT2D eigenvalue weighted by Gasteiger charge is 2.21. The van der Waals surface area contributed by atoms with Crippen LogP contribution in [0.4, 0.5) is 4.39 Å². The molecule has 3 heteroatoms. The van der Waals surface area contributed by atoms with E-state index in [-0.39, 0.29) is 18.0 Å². The molecule has 0 spiro atoms. The monoisotopic (exact) mass is 253 g/mol. The predicted molar refractivity (Wildman–Crippen MR) is 73.3 cm³/mol. The summed E-state index contributed by atoms with van der Waals surface area (Å²) in [5, 5.41) is 3.49. The number of hydrogen-bond acceptors (Lipinski definition) is 2. The van der Waals surface area contributed by atoms with Crippen LogP contribution in [-0.4, -0.2) is 19.8 Å². The largest absolute Gasteiger partial charge is 0.379 e. The van der Waals surface area contributed by atoms with E-state index in [1.165, 1.54) is 6.07 Å². The van der Waals surface area contributed by atoms with Crippen LogP contribution >= 0.6 is 0 Å². The van der Waals surface area contributed by atoms with Gasteiger partial charge in [-0.1, -0.05) is 26.0 Å². The smallest absolute Gasteiger partial charge is 0.126 e. The minimum absolute atomic E-state index is 0.112. The molecule has 0 saturated heterocycles. The lowest BCUT2D eigenvalue weighted by Gasteiger charge is -2.27. The maximum Gasteiger partial charge on any atom is 0.126 e. The number of ether oxygens (including phenoxy) is 1. The molecule has 0 saturated carbocycles. The van der Waals surface area contributed by atoms with Crippen molar-refractivity contribution in [2.24, 2.45) is 0 Å². The van der Waals surface area contributed by atoms with Crippen LogP contribution in [0, 0.1) is 12.7 Å². The third-order valence-electron chi connectivity index (χ3n) is 3.23. The summed E-state index contributed by atoms with van der Waals surface area (Å²) >= 11 is 0. The van der Waals surface area contributed by atoms with Crippen LogP contribution in [0.5, 0.6) is 0 Å². The van der Waals surface area contributed by atoms with Gasteiger partial charge in [-0.05, 0) is 43.5 Å². The number of rotatable bonds is 7. The van der Waals surface area contributed by atoms with Crippen LogP contribution in [0.15, 0.2) is 18.2 Å². The van der Waals surface area contributed by atoms with Gasteiger partial charge in [0.1, 0.15) is 5.82 Å². The van der Waals surface area contributed by atoms with E-state index in [9.17, 15) is 4.39 Å². The van der Waals surface area contributed by atoms with Crippen LogP contribution in [0.1, 0.15) is 43.9 Å². The Bertz CT molecular complexity index is 364. The molecule has 2 atom stereocenters. The van der Waals surface area contributed by atoms with Gasteiger partial charge in [0, 0.05) is 7.11 Å². The van der Waals surface area contributed by atoms with Crippen molar-refractivity contribution in [2.45, 2.75) is 45.8 Å². The summed E-state index contributed by atoms with van der Waals surface area (Å²) in [5.41, 5.74) is 1.78. The van der Waals surface area contributed by atoms with Crippen molar-refractivity contribution in [3.05, 3.63) is 35.1 Å². The molecule has 1 aromatic carbocycles. The van der Waals surface area contributed by atoms with Gasteiger partial charge in [0.25, 0.3) is 0 Å². The van der Waals surface area contributed by atoms with E-state index in [0.29, 0.717) is 5.56 Å². The fraction of sp³-hybridized carbons (Fsp3) is 0.600. The molecule has 0 bridgehead atoms. The van der Waals surface area contributed by atoms with E-state index in [1.807, 2.05) is 12.1 Å². The molecular formula is C15H24FNO. The first-order valence-corrected chi connectivity index (χ1v) is 6.66. The van der Waals surface area contributed by atoms with Crippen LogP contribution in [0.3, 0.4) is 0 Å². The Morgan fingerprint density at radius 1 is 1.33 bits per heavy atom. The van der Waals surface area contributed by atoms with Gasteiger partial charge < -0.3 is 10.1 Å². The zero-order valence-electron chi connectivity index (χ0n) is 11.8. The van der Waals surface area contributed by atoms with Gasteiger partial charge in [-0.2, -0.15) is 0 Å². The topological polar surface area (TPSA) is 21.3 Å². The highest BCUT2D eigenvalue weighted by molar-refractivity contribution is 5.27. The third kappa shape index (κ3) is 3.79. The SMILES string of the molecule is CCCNC(c1ccc(F)c(C)c1)C(CC)OC. The second-order valence-electron chi connectivity index (χ2n) is 4.62. The van der Waals surface area contributed by atoms with Gasteiger partial charge in [0.15, 0.2) is 0 Å². The number of methoxy groups -OCH3 is 1. The molecule has 2 unspecified atom stereocenters. The molecule has 2 nitrogen and oxygen atoms in total. The predicted octanol–water partition coefficient (Wildman–Crippen LogP) is 3.60. The average molecular weight is 253 g/mol. The van der Waals surface area contributed by atoms with Crippen molar-refractivity contribution in [3.8, 4) is 0 Å². The molecule has 0 aliphatic heterocycles. The van der Waals surface area contributed by atoms with Gasteiger partial charge >= 0.3 is 0 Å². The number of nitrogens with one attached hydrogen (secondary N) is 1. The van der Waals surface area contributed by atoms with E-state index < -0.39 is 0 Å². The summed E-state index contributed by atoms with van der Waals surface area (Å²) in [7, 11) is 1.73. The normalized spacial score (nSPS) is 14.5. The summed E-state index contributed by atoms with van der Waals surface area (Å²) in [4.78, 5) is 0. The summed E-state index contributed by atoms with van der Waals surface area (Å²) in [6, 6.07) is 5.41. The standard InChI is InChI=1S/C15H24FNO/c1-5-9-17-15(14(6-2)18-4)12-7-8-13(16)11(3)10-12/h7-8,10,14-15,17H,5-6,9H2,1-4H3. The van der Waals surface area contributed by atoms with E-state index in [1.54, 1.807) is 14.0 Å². The summed E-state index contributed by atoms with van der Waals surface area (Å²) in [6.45, 7) is 6.96. The highest BCUT2D eigenvalue weighted by atomic mass is 19.1. The van der Waals surface area contributed by atoms with Crippen molar-refractivity contribution in [2.75, 3.05) is 13.7 Å². The Kier molecular flexibility index (Phi) is 6.30. The first-order chi connectivity index (χ1) is 8.63. The first kappa shape index (κ1) is 15.1. The molecule has 0 amide bonds. The Labute approximate surface area is 110 Å². The number of hydrogen-bond donors (Lipinski definition) is 1. The van der Waals surface area contributed by atoms with Gasteiger partial charge in [0.2, 0.25) is 0 Å². The number of benzene rings is 1. The molecule has 0 aliphatic carbocycles. The fourth-order valence-corrected chi connectivity index (χ4v) is 2.16. The first-order valence-electron chi connectivity index (χ1n) is 6.66. The van der Waals surface area contributed by atoms with Crippen molar-refractivity contribution in [1.29, 1.82) is 0 Å². The molecule has 1 rings (SSSR count). The van der Waals surface area contributed by atoms with E-state index in [4.69, 9.17) is 4.74 Å². The minimum Gasteiger partial charge on any atom is -0.379 e. The van der Waals surface area contributed by atoms with Crippen molar-refractivity contribution < 1.29 is 9.13 Å². The fourth-order valence-electron chi connectivity index (χ4n) is 2.16. The van der Waals surface area contributed by atoms with Crippen LogP contribution < -0.4 is 5.32 Å². The zero-order chi connectivity index (χ0) is 13.5. The summed E-state index contributed by atoms with van der Waals surface area (Å²) in [5.74, 6) is -0.154. The molecule has 1 aromatic rings. The van der Waals surface area contributed by atoms with Gasteiger partial charge in [-0.3, -0.25) is 0 Å². The molecule has 0 aliphatic rings. The molecule has 0 heterocycles. The Balaban J connectivity index is 2.96. The molecule has 0 aromatic heterocycles. The van der Waals surface area contributed by atoms with Gasteiger partial charge in [0.05, 0.1) is 12.1 Å². The third-order valence-corrected chi connectivity index (χ3v) is 3.23. The molecule has 1 N–H and O–H groups in total. The van der Waals surface area contributed by atoms with Crippen LogP contribution in [0.25, 0.3) is 0 Å². The molecule has 0 fully saturated rings. The van der Waals surface area contributed by atoms with E-state index in [0.717, 1.165) is 24.9 Å². The van der Waals surface area contributed by atoms with Crippen LogP contribution in [-0.2, 0) is 4.74 Å².